The highest BCUT2D eigenvalue weighted by Gasteiger charge is 2.13. The Morgan fingerprint density at radius 3 is 2.44 bits per heavy atom. The molecule has 1 aromatic heterocycles. The van der Waals surface area contributed by atoms with Gasteiger partial charge in [0.1, 0.15) is 5.01 Å². The fraction of sp³-hybridized carbons (Fsp3) is 0.238. The minimum Gasteiger partial charge on any atom is -0.346 e. The lowest BCUT2D eigenvalue weighted by Gasteiger charge is -2.11. The van der Waals surface area contributed by atoms with Gasteiger partial charge in [0, 0.05) is 16.5 Å². The summed E-state index contributed by atoms with van der Waals surface area (Å²) >= 11 is 1.60. The molecule has 0 aliphatic heterocycles. The van der Waals surface area contributed by atoms with Gasteiger partial charge in [-0.15, -0.1) is 11.3 Å². The van der Waals surface area contributed by atoms with E-state index in [2.05, 4.69) is 35.4 Å². The van der Waals surface area contributed by atoms with Crippen LogP contribution in [0.3, 0.4) is 0 Å². The molecule has 1 amide bonds. The highest BCUT2D eigenvalue weighted by Crippen LogP contribution is 2.24. The fourth-order valence-corrected chi connectivity index (χ4v) is 3.91. The van der Waals surface area contributed by atoms with E-state index in [0.717, 1.165) is 33.0 Å². The molecule has 0 atom stereocenters. The molecule has 0 aliphatic rings. The molecule has 1 N–H and O–H groups in total. The molecule has 0 spiro atoms. The Balaban J connectivity index is 1.71. The number of hydrogen-bond donors (Lipinski definition) is 1. The number of benzene rings is 2. The zero-order chi connectivity index (χ0) is 18.0. The van der Waals surface area contributed by atoms with E-state index < -0.39 is 0 Å². The van der Waals surface area contributed by atoms with Crippen molar-refractivity contribution >= 4 is 17.2 Å². The van der Waals surface area contributed by atoms with Crippen LogP contribution in [0.4, 0.5) is 0 Å². The molecule has 0 aliphatic carbocycles. The minimum absolute atomic E-state index is 0.0416. The lowest BCUT2D eigenvalue weighted by atomic mass is 9.99. The third-order valence-electron chi connectivity index (χ3n) is 4.15. The van der Waals surface area contributed by atoms with E-state index >= 15 is 0 Å². The highest BCUT2D eigenvalue weighted by atomic mass is 32.1. The Kier molecular flexibility index (Phi) is 5.00. The predicted octanol–water partition coefficient (Wildman–Crippen LogP) is 4.97. The number of hydrogen-bond acceptors (Lipinski definition) is 3. The summed E-state index contributed by atoms with van der Waals surface area (Å²) in [6, 6.07) is 12.4. The van der Waals surface area contributed by atoms with Gasteiger partial charge in [0.2, 0.25) is 0 Å². The van der Waals surface area contributed by atoms with Crippen LogP contribution in [0.1, 0.15) is 38.3 Å². The highest BCUT2D eigenvalue weighted by molar-refractivity contribution is 7.13. The van der Waals surface area contributed by atoms with Gasteiger partial charge < -0.3 is 5.32 Å². The summed E-state index contributed by atoms with van der Waals surface area (Å²) in [4.78, 5) is 17.2. The van der Waals surface area contributed by atoms with Gasteiger partial charge in [0.15, 0.2) is 0 Å². The van der Waals surface area contributed by atoms with Crippen molar-refractivity contribution in [3.63, 3.8) is 0 Å². The van der Waals surface area contributed by atoms with Crippen LogP contribution in [-0.2, 0) is 6.54 Å². The molecule has 0 bridgehead atoms. The van der Waals surface area contributed by atoms with Crippen molar-refractivity contribution in [1.82, 2.24) is 10.3 Å². The molecule has 0 radical (unpaired) electrons. The van der Waals surface area contributed by atoms with Gasteiger partial charge in [0.05, 0.1) is 12.2 Å². The molecule has 2 aromatic carbocycles. The predicted molar refractivity (Wildman–Crippen MR) is 104 cm³/mol. The van der Waals surface area contributed by atoms with Gasteiger partial charge in [-0.05, 0) is 44.9 Å². The van der Waals surface area contributed by atoms with E-state index in [1.165, 1.54) is 11.1 Å². The molecule has 3 aromatic rings. The number of carbonyl (C=O) groups excluding carboxylic acids is 1. The van der Waals surface area contributed by atoms with Crippen LogP contribution in [0.25, 0.3) is 10.6 Å². The van der Waals surface area contributed by atoms with Crippen LogP contribution in [0.15, 0.2) is 41.8 Å². The van der Waals surface area contributed by atoms with Gasteiger partial charge in [-0.25, -0.2) is 4.98 Å². The van der Waals surface area contributed by atoms with E-state index in [4.69, 9.17) is 0 Å². The Morgan fingerprint density at radius 2 is 1.76 bits per heavy atom. The largest absolute Gasteiger partial charge is 0.346 e. The van der Waals surface area contributed by atoms with Crippen LogP contribution in [0, 0.1) is 27.7 Å². The van der Waals surface area contributed by atoms with Gasteiger partial charge in [-0.3, -0.25) is 4.79 Å². The number of thiazole rings is 1. The molecule has 25 heavy (non-hydrogen) atoms. The number of amides is 1. The molecule has 0 unspecified atom stereocenters. The van der Waals surface area contributed by atoms with Crippen molar-refractivity contribution in [2.75, 3.05) is 0 Å². The van der Waals surface area contributed by atoms with E-state index in [0.29, 0.717) is 6.54 Å². The standard InChI is InChI=1S/C21H22N2OS/c1-13-6-5-7-17(10-13)21-23-18(12-25-21)11-22-20(24)19-15(3)8-14(2)9-16(19)4/h5-10,12H,11H2,1-4H3,(H,22,24). The molecular formula is C21H22N2OS. The minimum atomic E-state index is -0.0416. The van der Waals surface area contributed by atoms with Crippen LogP contribution in [0.5, 0.6) is 0 Å². The van der Waals surface area contributed by atoms with Crippen LogP contribution in [0.2, 0.25) is 0 Å². The molecule has 128 valence electrons. The number of nitrogens with one attached hydrogen (secondary N) is 1. The summed E-state index contributed by atoms with van der Waals surface area (Å²) in [7, 11) is 0. The second-order valence-electron chi connectivity index (χ2n) is 6.47. The van der Waals surface area contributed by atoms with Crippen molar-refractivity contribution in [2.24, 2.45) is 0 Å². The second-order valence-corrected chi connectivity index (χ2v) is 7.33. The molecule has 3 nitrogen and oxygen atoms in total. The molecule has 1 heterocycles. The number of aromatic nitrogens is 1. The molecule has 0 saturated carbocycles. The van der Waals surface area contributed by atoms with Crippen molar-refractivity contribution < 1.29 is 4.79 Å². The maximum Gasteiger partial charge on any atom is 0.252 e. The van der Waals surface area contributed by atoms with Gasteiger partial charge in [0.25, 0.3) is 5.91 Å². The number of aryl methyl sites for hydroxylation is 4. The van der Waals surface area contributed by atoms with Crippen LogP contribution < -0.4 is 5.32 Å². The smallest absolute Gasteiger partial charge is 0.252 e. The third kappa shape index (κ3) is 3.97. The molecular weight excluding hydrogens is 328 g/mol. The van der Waals surface area contributed by atoms with E-state index in [1.54, 1.807) is 11.3 Å². The monoisotopic (exact) mass is 350 g/mol. The van der Waals surface area contributed by atoms with Gasteiger partial charge in [-0.2, -0.15) is 0 Å². The topological polar surface area (TPSA) is 42.0 Å². The Labute approximate surface area is 152 Å². The van der Waals surface area contributed by atoms with E-state index in [1.807, 2.05) is 44.4 Å². The fourth-order valence-electron chi connectivity index (χ4n) is 3.10. The van der Waals surface area contributed by atoms with E-state index in [9.17, 15) is 4.79 Å². The first-order chi connectivity index (χ1) is 11.9. The summed E-state index contributed by atoms with van der Waals surface area (Å²) in [5, 5.41) is 5.99. The Hall–Kier alpha value is -2.46. The van der Waals surface area contributed by atoms with E-state index in [-0.39, 0.29) is 5.91 Å². The summed E-state index contributed by atoms with van der Waals surface area (Å²) < 4.78 is 0. The normalized spacial score (nSPS) is 10.7. The van der Waals surface area contributed by atoms with Crippen LogP contribution in [-0.4, -0.2) is 10.9 Å². The molecule has 3 rings (SSSR count). The maximum atomic E-state index is 12.6. The van der Waals surface area contributed by atoms with Crippen molar-refractivity contribution in [3.05, 3.63) is 75.3 Å². The second kappa shape index (κ2) is 7.19. The summed E-state index contributed by atoms with van der Waals surface area (Å²) in [6.07, 6.45) is 0. The molecule has 0 saturated heterocycles. The summed E-state index contributed by atoms with van der Waals surface area (Å²) in [5.41, 5.74) is 7.17. The van der Waals surface area contributed by atoms with Crippen molar-refractivity contribution in [1.29, 1.82) is 0 Å². The lowest BCUT2D eigenvalue weighted by molar-refractivity contribution is 0.0949. The van der Waals surface area contributed by atoms with Crippen LogP contribution >= 0.6 is 11.3 Å². The van der Waals surface area contributed by atoms with Gasteiger partial charge in [-0.1, -0.05) is 41.5 Å². The maximum absolute atomic E-state index is 12.6. The van der Waals surface area contributed by atoms with Crippen molar-refractivity contribution in [3.8, 4) is 10.6 Å². The first-order valence-electron chi connectivity index (χ1n) is 8.31. The quantitative estimate of drug-likeness (QED) is 0.721. The lowest BCUT2D eigenvalue weighted by Crippen LogP contribution is -2.24. The summed E-state index contributed by atoms with van der Waals surface area (Å²) in [6.45, 7) is 8.52. The third-order valence-corrected chi connectivity index (χ3v) is 5.09. The average molecular weight is 350 g/mol. The first kappa shape index (κ1) is 17.4. The Bertz CT molecular complexity index is 904. The zero-order valence-electron chi connectivity index (χ0n) is 15.0. The zero-order valence-corrected chi connectivity index (χ0v) is 15.8. The summed E-state index contributed by atoms with van der Waals surface area (Å²) in [5.74, 6) is -0.0416. The number of carbonyl (C=O) groups is 1. The number of nitrogens with zero attached hydrogens (tertiary/aromatic N) is 1. The number of rotatable bonds is 4. The molecule has 0 fully saturated rings. The molecule has 4 heteroatoms. The van der Waals surface area contributed by atoms with Gasteiger partial charge >= 0.3 is 0 Å². The average Bonchev–Trinajstić information content (AvgIpc) is 3.01. The SMILES string of the molecule is Cc1cccc(-c2nc(CNC(=O)c3c(C)cc(C)cc3C)cs2)c1. The van der Waals surface area contributed by atoms with Crippen molar-refractivity contribution in [2.45, 2.75) is 34.2 Å². The first-order valence-corrected chi connectivity index (χ1v) is 9.19. The Morgan fingerprint density at radius 1 is 1.04 bits per heavy atom.